The molecule has 0 aromatic heterocycles. The number of halogens is 1. The van der Waals surface area contributed by atoms with E-state index in [9.17, 15) is 9.59 Å². The van der Waals surface area contributed by atoms with Gasteiger partial charge in [0.2, 0.25) is 5.91 Å². The first-order chi connectivity index (χ1) is 16.0. The molecule has 2 aromatic carbocycles. The van der Waals surface area contributed by atoms with Crippen LogP contribution < -0.4 is 10.1 Å². The molecule has 33 heavy (non-hydrogen) atoms. The van der Waals surface area contributed by atoms with Gasteiger partial charge >= 0.3 is 0 Å². The van der Waals surface area contributed by atoms with Crippen LogP contribution in [0.2, 0.25) is 5.02 Å². The van der Waals surface area contributed by atoms with Crippen LogP contribution in [0.1, 0.15) is 42.5 Å². The molecule has 0 unspecified atom stereocenters. The number of anilines is 1. The summed E-state index contributed by atoms with van der Waals surface area (Å²) in [5.74, 6) is 0.495. The highest BCUT2D eigenvalue weighted by atomic mass is 35.5. The van der Waals surface area contributed by atoms with Crippen molar-refractivity contribution in [2.75, 3.05) is 38.4 Å². The molecule has 8 heteroatoms. The van der Waals surface area contributed by atoms with E-state index in [1.807, 2.05) is 30.1 Å². The number of nitrogens with zero attached hydrogens (tertiary/aromatic N) is 1. The molecule has 1 N–H and O–H groups in total. The quantitative estimate of drug-likeness (QED) is 0.352. The standard InChI is InChI=1S/C25H31ClN2O4S/c1-28(18-9-4-3-5-10-18)23(29)17-33-22-14-7-6-11-19(22)25(30)27-21-13-8-12-20(26)24(21)32-16-15-31-2/h6-8,11-14,18H,3-5,9-10,15-17H2,1-2H3,(H,27,30). The molecule has 2 amide bonds. The fourth-order valence-corrected chi connectivity index (χ4v) is 5.07. The molecule has 2 aromatic rings. The van der Waals surface area contributed by atoms with E-state index in [4.69, 9.17) is 21.1 Å². The van der Waals surface area contributed by atoms with Crippen molar-refractivity contribution < 1.29 is 19.1 Å². The number of rotatable bonds is 10. The fraction of sp³-hybridized carbons (Fsp3) is 0.440. The summed E-state index contributed by atoms with van der Waals surface area (Å²) in [6.45, 7) is 0.716. The van der Waals surface area contributed by atoms with Crippen LogP contribution in [-0.2, 0) is 9.53 Å². The lowest BCUT2D eigenvalue weighted by molar-refractivity contribution is -0.129. The van der Waals surface area contributed by atoms with Crippen molar-refractivity contribution in [3.63, 3.8) is 0 Å². The van der Waals surface area contributed by atoms with Gasteiger partial charge in [0, 0.05) is 25.1 Å². The number of para-hydroxylation sites is 1. The summed E-state index contributed by atoms with van der Waals surface area (Å²) >= 11 is 7.67. The first kappa shape index (κ1) is 25.4. The zero-order valence-corrected chi connectivity index (χ0v) is 20.7. The van der Waals surface area contributed by atoms with Gasteiger partial charge in [0.05, 0.1) is 28.6 Å². The molecule has 0 radical (unpaired) electrons. The number of thioether (sulfide) groups is 1. The topological polar surface area (TPSA) is 67.9 Å². The van der Waals surface area contributed by atoms with E-state index in [1.54, 1.807) is 31.4 Å². The predicted octanol–water partition coefficient (Wildman–Crippen LogP) is 5.50. The number of ether oxygens (including phenoxy) is 2. The van der Waals surface area contributed by atoms with Gasteiger partial charge in [0.1, 0.15) is 6.61 Å². The number of carbonyl (C=O) groups is 2. The SMILES string of the molecule is COCCOc1c(Cl)cccc1NC(=O)c1ccccc1SCC(=O)N(C)C1CCCCC1. The van der Waals surface area contributed by atoms with Gasteiger partial charge in [-0.1, -0.05) is 49.1 Å². The third-order valence-corrected chi connectivity index (χ3v) is 7.10. The molecule has 0 atom stereocenters. The van der Waals surface area contributed by atoms with Crippen molar-refractivity contribution in [3.8, 4) is 5.75 Å². The summed E-state index contributed by atoms with van der Waals surface area (Å²) in [7, 11) is 3.48. The Hall–Kier alpha value is -2.22. The third-order valence-electron chi connectivity index (χ3n) is 5.75. The second-order valence-electron chi connectivity index (χ2n) is 7.99. The normalized spacial score (nSPS) is 14.0. The molecule has 1 aliphatic carbocycles. The van der Waals surface area contributed by atoms with E-state index < -0.39 is 0 Å². The van der Waals surface area contributed by atoms with E-state index in [1.165, 1.54) is 31.0 Å². The zero-order chi connectivity index (χ0) is 23.6. The summed E-state index contributed by atoms with van der Waals surface area (Å²) < 4.78 is 10.7. The number of carbonyl (C=O) groups excluding carboxylic acids is 2. The summed E-state index contributed by atoms with van der Waals surface area (Å²) in [6.07, 6.45) is 5.75. The summed E-state index contributed by atoms with van der Waals surface area (Å²) in [5.41, 5.74) is 0.981. The molecule has 0 spiro atoms. The van der Waals surface area contributed by atoms with Gasteiger partial charge in [-0.2, -0.15) is 0 Å². The van der Waals surface area contributed by atoms with Crippen LogP contribution in [-0.4, -0.2) is 55.9 Å². The van der Waals surface area contributed by atoms with Gasteiger partial charge in [-0.05, 0) is 37.1 Å². The average molecular weight is 491 g/mol. The minimum atomic E-state index is -0.287. The number of nitrogens with one attached hydrogen (secondary N) is 1. The number of methoxy groups -OCH3 is 1. The largest absolute Gasteiger partial charge is 0.487 e. The van der Waals surface area contributed by atoms with Crippen LogP contribution >= 0.6 is 23.4 Å². The Labute approximate surface area is 205 Å². The van der Waals surface area contributed by atoms with Crippen LogP contribution in [0.5, 0.6) is 5.75 Å². The maximum atomic E-state index is 13.1. The van der Waals surface area contributed by atoms with E-state index in [-0.39, 0.29) is 11.8 Å². The molecule has 6 nitrogen and oxygen atoms in total. The highest BCUT2D eigenvalue weighted by Crippen LogP contribution is 2.34. The molecule has 1 saturated carbocycles. The van der Waals surface area contributed by atoms with Gasteiger partial charge in [-0.3, -0.25) is 9.59 Å². The lowest BCUT2D eigenvalue weighted by Gasteiger charge is -2.31. The average Bonchev–Trinajstić information content (AvgIpc) is 2.84. The van der Waals surface area contributed by atoms with Crippen LogP contribution in [0.4, 0.5) is 5.69 Å². The van der Waals surface area contributed by atoms with Crippen molar-refractivity contribution in [2.24, 2.45) is 0 Å². The van der Waals surface area contributed by atoms with E-state index in [0.29, 0.717) is 47.0 Å². The molecule has 178 valence electrons. The second kappa shape index (κ2) is 12.9. The second-order valence-corrected chi connectivity index (χ2v) is 9.42. The van der Waals surface area contributed by atoms with Crippen molar-refractivity contribution in [2.45, 2.75) is 43.0 Å². The summed E-state index contributed by atoms with van der Waals surface area (Å²) in [4.78, 5) is 28.5. The van der Waals surface area contributed by atoms with Gasteiger partial charge in [0.25, 0.3) is 5.91 Å². The van der Waals surface area contributed by atoms with E-state index in [0.717, 1.165) is 17.7 Å². The van der Waals surface area contributed by atoms with Crippen molar-refractivity contribution in [1.82, 2.24) is 4.90 Å². The van der Waals surface area contributed by atoms with Crippen molar-refractivity contribution in [1.29, 1.82) is 0 Å². The fourth-order valence-electron chi connectivity index (χ4n) is 3.86. The number of hydrogen-bond donors (Lipinski definition) is 1. The minimum Gasteiger partial charge on any atom is -0.487 e. The summed E-state index contributed by atoms with van der Waals surface area (Å²) in [5, 5.41) is 3.30. The maximum Gasteiger partial charge on any atom is 0.256 e. The Balaban J connectivity index is 1.67. The number of benzene rings is 2. The monoisotopic (exact) mass is 490 g/mol. The van der Waals surface area contributed by atoms with Gasteiger partial charge in [-0.15, -0.1) is 11.8 Å². The van der Waals surface area contributed by atoms with Crippen LogP contribution in [0, 0.1) is 0 Å². The Kier molecular flexibility index (Phi) is 9.91. The number of hydrogen-bond acceptors (Lipinski definition) is 5. The van der Waals surface area contributed by atoms with Crippen molar-refractivity contribution >= 4 is 40.9 Å². The molecule has 0 aliphatic heterocycles. The molecule has 1 fully saturated rings. The molecular weight excluding hydrogens is 460 g/mol. The van der Waals surface area contributed by atoms with Crippen LogP contribution in [0.3, 0.4) is 0 Å². The van der Waals surface area contributed by atoms with Crippen LogP contribution in [0.25, 0.3) is 0 Å². The molecule has 3 rings (SSSR count). The van der Waals surface area contributed by atoms with E-state index in [2.05, 4.69) is 5.32 Å². The Bertz CT molecular complexity index is 950. The zero-order valence-electron chi connectivity index (χ0n) is 19.1. The molecular formula is C25H31ClN2O4S. The predicted molar refractivity (Wildman–Crippen MR) is 134 cm³/mol. The Morgan fingerprint density at radius 3 is 2.61 bits per heavy atom. The lowest BCUT2D eigenvalue weighted by Crippen LogP contribution is -2.39. The number of amides is 2. The molecule has 0 heterocycles. The highest BCUT2D eigenvalue weighted by molar-refractivity contribution is 8.00. The summed E-state index contributed by atoms with van der Waals surface area (Å²) in [6, 6.07) is 12.8. The third kappa shape index (κ3) is 7.13. The smallest absolute Gasteiger partial charge is 0.256 e. The first-order valence-electron chi connectivity index (χ1n) is 11.2. The van der Waals surface area contributed by atoms with Gasteiger partial charge < -0.3 is 19.7 Å². The van der Waals surface area contributed by atoms with E-state index >= 15 is 0 Å². The van der Waals surface area contributed by atoms with Gasteiger partial charge in [-0.25, -0.2) is 0 Å². The molecule has 1 aliphatic rings. The molecule has 0 bridgehead atoms. The maximum absolute atomic E-state index is 13.1. The Morgan fingerprint density at radius 1 is 1.09 bits per heavy atom. The van der Waals surface area contributed by atoms with Crippen molar-refractivity contribution in [3.05, 3.63) is 53.1 Å². The molecule has 0 saturated heterocycles. The minimum absolute atomic E-state index is 0.0887. The first-order valence-corrected chi connectivity index (χ1v) is 12.6. The Morgan fingerprint density at radius 2 is 1.85 bits per heavy atom. The lowest BCUT2D eigenvalue weighted by atomic mass is 9.94. The van der Waals surface area contributed by atoms with Gasteiger partial charge in [0.15, 0.2) is 5.75 Å². The van der Waals surface area contributed by atoms with Crippen LogP contribution in [0.15, 0.2) is 47.4 Å². The highest BCUT2D eigenvalue weighted by Gasteiger charge is 2.23.